The summed E-state index contributed by atoms with van der Waals surface area (Å²) in [5.74, 6) is -0.00403. The first-order chi connectivity index (χ1) is 8.90. The van der Waals surface area contributed by atoms with Crippen molar-refractivity contribution in [2.45, 2.75) is 17.4 Å². The molecule has 0 radical (unpaired) electrons. The summed E-state index contributed by atoms with van der Waals surface area (Å²) in [6.45, 7) is 0.0116. The van der Waals surface area contributed by atoms with Crippen LogP contribution in [-0.2, 0) is 10.0 Å². The number of aliphatic hydroxyl groups excluding tert-OH is 1. The van der Waals surface area contributed by atoms with Crippen molar-refractivity contribution in [2.24, 2.45) is 5.92 Å². The zero-order valence-corrected chi connectivity index (χ0v) is 12.2. The highest BCUT2D eigenvalue weighted by molar-refractivity contribution is 7.89. The number of nitrogens with one attached hydrogen (secondary N) is 1. The van der Waals surface area contributed by atoms with Gasteiger partial charge in [0.1, 0.15) is 0 Å². The fraction of sp³-hybridized carbons (Fsp3) is 0.333. The van der Waals surface area contributed by atoms with Gasteiger partial charge in [0.25, 0.3) is 0 Å². The average Bonchev–Trinajstić information content (AvgIpc) is 2.74. The zero-order valence-electron chi connectivity index (χ0n) is 9.88. The second-order valence-corrected chi connectivity index (χ2v) is 6.98. The Labute approximate surface area is 122 Å². The summed E-state index contributed by atoms with van der Waals surface area (Å²) < 4.78 is 26.9. The molecule has 7 heteroatoms. The summed E-state index contributed by atoms with van der Waals surface area (Å²) in [7, 11) is -3.67. The highest BCUT2D eigenvalue weighted by atomic mass is 35.5. The topological polar surface area (TPSA) is 66.4 Å². The first-order valence-corrected chi connectivity index (χ1v) is 7.92. The Morgan fingerprint density at radius 1 is 1.21 bits per heavy atom. The van der Waals surface area contributed by atoms with Gasteiger partial charge in [-0.05, 0) is 24.6 Å². The normalized spacial score (nSPS) is 22.9. The van der Waals surface area contributed by atoms with Gasteiger partial charge in [0.2, 0.25) is 10.0 Å². The van der Waals surface area contributed by atoms with E-state index in [0.29, 0.717) is 6.42 Å². The van der Waals surface area contributed by atoms with Gasteiger partial charge in [-0.25, -0.2) is 13.1 Å². The molecule has 2 atom stereocenters. The highest BCUT2D eigenvalue weighted by Gasteiger charge is 2.24. The molecular formula is C12H13Cl2NO3S. The lowest BCUT2D eigenvalue weighted by Crippen LogP contribution is -2.33. The van der Waals surface area contributed by atoms with Gasteiger partial charge in [-0.2, -0.15) is 0 Å². The van der Waals surface area contributed by atoms with E-state index >= 15 is 0 Å². The zero-order chi connectivity index (χ0) is 14.0. The SMILES string of the molecule is O=S(=O)(N[C@@H]1C=C[C@H](CO)C1)c1cc(Cl)cc(Cl)c1. The maximum Gasteiger partial charge on any atom is 0.241 e. The van der Waals surface area contributed by atoms with Gasteiger partial charge in [0, 0.05) is 28.6 Å². The molecule has 0 aliphatic heterocycles. The van der Waals surface area contributed by atoms with Crippen LogP contribution >= 0.6 is 23.2 Å². The van der Waals surface area contributed by atoms with Crippen molar-refractivity contribution in [3.05, 3.63) is 40.4 Å². The van der Waals surface area contributed by atoms with Crippen LogP contribution in [0.1, 0.15) is 6.42 Å². The van der Waals surface area contributed by atoms with Gasteiger partial charge in [-0.15, -0.1) is 0 Å². The van der Waals surface area contributed by atoms with E-state index in [1.54, 1.807) is 12.2 Å². The molecular weight excluding hydrogens is 309 g/mol. The molecule has 1 aliphatic rings. The van der Waals surface area contributed by atoms with Crippen LogP contribution in [0.2, 0.25) is 10.0 Å². The molecule has 1 aliphatic carbocycles. The van der Waals surface area contributed by atoms with Gasteiger partial charge in [-0.1, -0.05) is 35.4 Å². The molecule has 1 aromatic carbocycles. The van der Waals surface area contributed by atoms with Crippen molar-refractivity contribution < 1.29 is 13.5 Å². The summed E-state index contributed by atoms with van der Waals surface area (Å²) in [5, 5.41) is 9.54. The Balaban J connectivity index is 2.17. The van der Waals surface area contributed by atoms with E-state index in [1.165, 1.54) is 18.2 Å². The molecule has 1 aromatic rings. The molecule has 2 N–H and O–H groups in total. The molecule has 0 fully saturated rings. The van der Waals surface area contributed by atoms with Crippen molar-refractivity contribution >= 4 is 33.2 Å². The summed E-state index contributed by atoms with van der Waals surface area (Å²) in [6, 6.07) is 3.84. The number of hydrogen-bond donors (Lipinski definition) is 2. The minimum atomic E-state index is -3.67. The summed E-state index contributed by atoms with van der Waals surface area (Å²) in [4.78, 5) is 0.0332. The molecule has 104 valence electrons. The smallest absolute Gasteiger partial charge is 0.241 e. The molecule has 2 rings (SSSR count). The van der Waals surface area contributed by atoms with Crippen LogP contribution in [-0.4, -0.2) is 26.2 Å². The van der Waals surface area contributed by atoms with Crippen LogP contribution in [0.25, 0.3) is 0 Å². The lowest BCUT2D eigenvalue weighted by molar-refractivity contribution is 0.248. The lowest BCUT2D eigenvalue weighted by atomic mass is 10.1. The predicted molar refractivity (Wildman–Crippen MR) is 74.9 cm³/mol. The minimum absolute atomic E-state index is 0.00403. The summed E-state index contributed by atoms with van der Waals surface area (Å²) in [6.07, 6.45) is 4.09. The molecule has 0 unspecified atom stereocenters. The van der Waals surface area contributed by atoms with Gasteiger partial charge >= 0.3 is 0 Å². The number of benzene rings is 1. The first-order valence-electron chi connectivity index (χ1n) is 5.68. The third-order valence-corrected chi connectivity index (χ3v) is 4.77. The fourth-order valence-electron chi connectivity index (χ4n) is 1.95. The van der Waals surface area contributed by atoms with Crippen LogP contribution in [0.4, 0.5) is 0 Å². The van der Waals surface area contributed by atoms with Gasteiger partial charge in [0.15, 0.2) is 0 Å². The third-order valence-electron chi connectivity index (χ3n) is 2.86. The van der Waals surface area contributed by atoms with E-state index in [0.717, 1.165) is 0 Å². The lowest BCUT2D eigenvalue weighted by Gasteiger charge is -2.13. The van der Waals surface area contributed by atoms with Gasteiger partial charge in [0.05, 0.1) is 4.90 Å². The summed E-state index contributed by atoms with van der Waals surface area (Å²) in [5.41, 5.74) is 0. The number of halogens is 2. The number of sulfonamides is 1. The molecule has 19 heavy (non-hydrogen) atoms. The highest BCUT2D eigenvalue weighted by Crippen LogP contribution is 2.24. The Bertz CT molecular complexity index is 581. The van der Waals surface area contributed by atoms with Crippen molar-refractivity contribution in [1.29, 1.82) is 0 Å². The van der Waals surface area contributed by atoms with E-state index in [1.807, 2.05) is 0 Å². The Morgan fingerprint density at radius 3 is 2.37 bits per heavy atom. The Morgan fingerprint density at radius 2 is 1.84 bits per heavy atom. The van der Waals surface area contributed by atoms with Crippen molar-refractivity contribution in [3.8, 4) is 0 Å². The monoisotopic (exact) mass is 321 g/mol. The maximum absolute atomic E-state index is 12.2. The van der Waals surface area contributed by atoms with Crippen molar-refractivity contribution in [3.63, 3.8) is 0 Å². The largest absolute Gasteiger partial charge is 0.396 e. The standard InChI is InChI=1S/C12H13Cl2NO3S/c13-9-4-10(14)6-12(5-9)19(17,18)15-11-2-1-8(3-11)7-16/h1-2,4-6,8,11,15-16H,3,7H2/t8-,11+/m0/s1. The molecule has 0 aromatic heterocycles. The van der Waals surface area contributed by atoms with Gasteiger partial charge < -0.3 is 5.11 Å². The summed E-state index contributed by atoms with van der Waals surface area (Å²) >= 11 is 11.6. The van der Waals surface area contributed by atoms with E-state index in [4.69, 9.17) is 28.3 Å². The molecule has 0 spiro atoms. The van der Waals surface area contributed by atoms with Crippen LogP contribution in [0.3, 0.4) is 0 Å². The van der Waals surface area contributed by atoms with E-state index in [-0.39, 0.29) is 33.5 Å². The Hall–Kier alpha value is -0.590. The van der Waals surface area contributed by atoms with Crippen LogP contribution in [0.5, 0.6) is 0 Å². The predicted octanol–water partition coefficient (Wildman–Crippen LogP) is 2.21. The first kappa shape index (κ1) is 14.8. The van der Waals surface area contributed by atoms with Crippen LogP contribution < -0.4 is 4.72 Å². The number of hydrogen-bond acceptors (Lipinski definition) is 3. The minimum Gasteiger partial charge on any atom is -0.396 e. The van der Waals surface area contributed by atoms with E-state index in [9.17, 15) is 8.42 Å². The quantitative estimate of drug-likeness (QED) is 0.835. The molecule has 0 saturated carbocycles. The molecule has 0 bridgehead atoms. The van der Waals surface area contributed by atoms with Crippen molar-refractivity contribution in [2.75, 3.05) is 6.61 Å². The third kappa shape index (κ3) is 3.70. The maximum atomic E-state index is 12.2. The second kappa shape index (κ2) is 5.81. The fourth-order valence-corrected chi connectivity index (χ4v) is 3.88. The second-order valence-electron chi connectivity index (χ2n) is 4.40. The Kier molecular flexibility index (Phi) is 4.53. The molecule has 4 nitrogen and oxygen atoms in total. The number of rotatable bonds is 4. The molecule has 0 saturated heterocycles. The molecule has 0 heterocycles. The van der Waals surface area contributed by atoms with Crippen LogP contribution in [0, 0.1) is 5.92 Å². The van der Waals surface area contributed by atoms with Crippen molar-refractivity contribution in [1.82, 2.24) is 4.72 Å². The van der Waals surface area contributed by atoms with E-state index < -0.39 is 10.0 Å². The molecule has 0 amide bonds. The van der Waals surface area contributed by atoms with Gasteiger partial charge in [-0.3, -0.25) is 0 Å². The average molecular weight is 322 g/mol. The van der Waals surface area contributed by atoms with E-state index in [2.05, 4.69) is 4.72 Å². The number of aliphatic hydroxyl groups is 1. The van der Waals surface area contributed by atoms with Crippen LogP contribution in [0.15, 0.2) is 35.2 Å².